The van der Waals surface area contributed by atoms with E-state index in [4.69, 9.17) is 0 Å². The zero-order chi connectivity index (χ0) is 18.0. The van der Waals surface area contributed by atoms with Crippen LogP contribution in [0.4, 0.5) is 0 Å². The molecule has 4 rings (SSSR count). The van der Waals surface area contributed by atoms with Gasteiger partial charge < -0.3 is 4.90 Å². The van der Waals surface area contributed by atoms with Crippen LogP contribution in [-0.2, 0) is 9.59 Å². The van der Waals surface area contributed by atoms with Crippen LogP contribution in [0.3, 0.4) is 0 Å². The van der Waals surface area contributed by atoms with Crippen molar-refractivity contribution in [3.05, 3.63) is 0 Å². The summed E-state index contributed by atoms with van der Waals surface area (Å²) in [6.45, 7) is 5.81. The first kappa shape index (κ1) is 17.7. The van der Waals surface area contributed by atoms with Gasteiger partial charge in [0, 0.05) is 30.7 Å². The third-order valence-electron chi connectivity index (χ3n) is 8.75. The Morgan fingerprint density at radius 1 is 1.12 bits per heavy atom. The molecular formula is C22H35NO2. The van der Waals surface area contributed by atoms with E-state index < -0.39 is 0 Å². The molecule has 4 saturated carbocycles. The molecule has 4 aliphatic carbocycles. The van der Waals surface area contributed by atoms with E-state index in [9.17, 15) is 9.59 Å². The lowest BCUT2D eigenvalue weighted by Crippen LogP contribution is -2.58. The fourth-order valence-corrected chi connectivity index (χ4v) is 7.64. The van der Waals surface area contributed by atoms with E-state index in [1.807, 2.05) is 0 Å². The molecule has 0 bridgehead atoms. The van der Waals surface area contributed by atoms with Gasteiger partial charge in [0.25, 0.3) is 0 Å². The van der Waals surface area contributed by atoms with Crippen LogP contribution in [0.5, 0.6) is 0 Å². The molecule has 2 unspecified atom stereocenters. The van der Waals surface area contributed by atoms with Crippen molar-refractivity contribution in [2.24, 2.45) is 40.4 Å². The van der Waals surface area contributed by atoms with Crippen LogP contribution >= 0.6 is 0 Å². The van der Waals surface area contributed by atoms with Gasteiger partial charge >= 0.3 is 0 Å². The van der Waals surface area contributed by atoms with Crippen molar-refractivity contribution in [3.63, 3.8) is 0 Å². The number of carbonyl (C=O) groups is 2. The van der Waals surface area contributed by atoms with Crippen molar-refractivity contribution in [1.82, 2.24) is 4.90 Å². The van der Waals surface area contributed by atoms with Crippen LogP contribution in [0.15, 0.2) is 0 Å². The summed E-state index contributed by atoms with van der Waals surface area (Å²) in [6.07, 6.45) is 8.27. The number of ketones is 2. The fourth-order valence-electron chi connectivity index (χ4n) is 7.64. The van der Waals surface area contributed by atoms with Crippen molar-refractivity contribution >= 4 is 11.6 Å². The van der Waals surface area contributed by atoms with E-state index in [0.29, 0.717) is 47.1 Å². The topological polar surface area (TPSA) is 37.4 Å². The van der Waals surface area contributed by atoms with E-state index in [2.05, 4.69) is 32.8 Å². The standard InChI is InChI=1S/C22H35NO2/c1-21-9-8-16-20(17(21)10-14(12-21)13-23(3)4)18(24)11-15-6-5-7-19(25)22(15,16)2/h14-17,20H,5-13H2,1-4H3/t14?,15?,16-,17+,20-,21-,22+/m1/s1. The summed E-state index contributed by atoms with van der Waals surface area (Å²) >= 11 is 0. The number of carbonyl (C=O) groups excluding carboxylic acids is 2. The molecule has 0 aromatic carbocycles. The molecule has 0 amide bonds. The second-order valence-corrected chi connectivity index (χ2v) is 10.5. The lowest BCUT2D eigenvalue weighted by Gasteiger charge is -2.57. The van der Waals surface area contributed by atoms with E-state index in [-0.39, 0.29) is 11.3 Å². The quantitative estimate of drug-likeness (QED) is 0.760. The summed E-state index contributed by atoms with van der Waals surface area (Å²) in [5, 5.41) is 0. The highest BCUT2D eigenvalue weighted by molar-refractivity contribution is 5.91. The third kappa shape index (κ3) is 2.56. The van der Waals surface area contributed by atoms with E-state index in [1.54, 1.807) is 0 Å². The summed E-state index contributed by atoms with van der Waals surface area (Å²) in [7, 11) is 4.32. The molecule has 7 atom stereocenters. The van der Waals surface area contributed by atoms with Crippen LogP contribution in [0, 0.1) is 40.4 Å². The predicted octanol–water partition coefficient (Wildman–Crippen LogP) is 3.96. The molecule has 0 saturated heterocycles. The first-order chi connectivity index (χ1) is 11.8. The largest absolute Gasteiger partial charge is 0.309 e. The number of nitrogens with zero attached hydrogens (tertiary/aromatic N) is 1. The molecule has 3 nitrogen and oxygen atoms in total. The van der Waals surface area contributed by atoms with E-state index >= 15 is 0 Å². The highest BCUT2D eigenvalue weighted by Gasteiger charge is 2.63. The zero-order valence-corrected chi connectivity index (χ0v) is 16.5. The Morgan fingerprint density at radius 2 is 1.88 bits per heavy atom. The number of hydrogen-bond donors (Lipinski definition) is 0. The molecule has 4 fully saturated rings. The smallest absolute Gasteiger partial charge is 0.139 e. The average molecular weight is 346 g/mol. The lowest BCUT2D eigenvalue weighted by atomic mass is 9.45. The first-order valence-corrected chi connectivity index (χ1v) is 10.5. The maximum atomic E-state index is 13.2. The Balaban J connectivity index is 1.65. The van der Waals surface area contributed by atoms with Crippen LogP contribution < -0.4 is 0 Å². The highest BCUT2D eigenvalue weighted by atomic mass is 16.1. The Morgan fingerprint density at radius 3 is 2.60 bits per heavy atom. The van der Waals surface area contributed by atoms with E-state index in [0.717, 1.165) is 32.2 Å². The second-order valence-electron chi connectivity index (χ2n) is 10.5. The normalized spacial score (nSPS) is 49.7. The SMILES string of the molecule is CN(C)CC1C[C@H]2[C@@H]3C(=O)CC4CCCC(=O)[C@]4(C)[C@@H]3CC[C@]2(C)C1. The number of fused-ring (bicyclic) bond motifs is 5. The van der Waals surface area contributed by atoms with E-state index in [1.165, 1.54) is 19.3 Å². The molecule has 0 heterocycles. The Kier molecular flexibility index (Phi) is 4.18. The predicted molar refractivity (Wildman–Crippen MR) is 99.2 cm³/mol. The summed E-state index contributed by atoms with van der Waals surface area (Å²) in [4.78, 5) is 28.5. The molecule has 0 N–H and O–H groups in total. The van der Waals surface area contributed by atoms with Crippen LogP contribution in [0.25, 0.3) is 0 Å². The molecule has 140 valence electrons. The first-order valence-electron chi connectivity index (χ1n) is 10.5. The van der Waals surface area contributed by atoms with Gasteiger partial charge in [0.05, 0.1) is 0 Å². The van der Waals surface area contributed by atoms with Gasteiger partial charge in [-0.15, -0.1) is 0 Å². The minimum atomic E-state index is -0.211. The summed E-state index contributed by atoms with van der Waals surface area (Å²) in [6, 6.07) is 0. The maximum absolute atomic E-state index is 13.2. The summed E-state index contributed by atoms with van der Waals surface area (Å²) in [5.74, 6) is 3.00. The van der Waals surface area contributed by atoms with Crippen molar-refractivity contribution < 1.29 is 9.59 Å². The number of Topliss-reactive ketones (excluding diaryl/α,β-unsaturated/α-hetero) is 2. The molecule has 4 aliphatic rings. The van der Waals surface area contributed by atoms with Crippen LogP contribution in [-0.4, -0.2) is 37.1 Å². The maximum Gasteiger partial charge on any atom is 0.139 e. The van der Waals surface area contributed by atoms with Gasteiger partial charge in [0.1, 0.15) is 11.6 Å². The van der Waals surface area contributed by atoms with Gasteiger partial charge in [0.2, 0.25) is 0 Å². The molecule has 3 heteroatoms. The van der Waals surface area contributed by atoms with Gasteiger partial charge in [-0.05, 0) is 81.7 Å². The van der Waals surface area contributed by atoms with Crippen molar-refractivity contribution in [1.29, 1.82) is 0 Å². The van der Waals surface area contributed by atoms with Crippen molar-refractivity contribution in [3.8, 4) is 0 Å². The van der Waals surface area contributed by atoms with Crippen LogP contribution in [0.1, 0.15) is 65.2 Å². The van der Waals surface area contributed by atoms with Gasteiger partial charge in [-0.2, -0.15) is 0 Å². The zero-order valence-electron chi connectivity index (χ0n) is 16.5. The molecule has 0 radical (unpaired) electrons. The third-order valence-corrected chi connectivity index (χ3v) is 8.75. The van der Waals surface area contributed by atoms with Gasteiger partial charge in [-0.1, -0.05) is 13.8 Å². The van der Waals surface area contributed by atoms with Crippen molar-refractivity contribution in [2.45, 2.75) is 65.2 Å². The van der Waals surface area contributed by atoms with Gasteiger partial charge in [-0.25, -0.2) is 0 Å². The van der Waals surface area contributed by atoms with Crippen molar-refractivity contribution in [2.75, 3.05) is 20.6 Å². The number of rotatable bonds is 2. The second kappa shape index (κ2) is 5.90. The van der Waals surface area contributed by atoms with Gasteiger partial charge in [0.15, 0.2) is 0 Å². The number of hydrogen-bond acceptors (Lipinski definition) is 3. The lowest BCUT2D eigenvalue weighted by molar-refractivity contribution is -0.163. The molecule has 0 aromatic rings. The summed E-state index contributed by atoms with van der Waals surface area (Å²) in [5.41, 5.74) is 0.107. The summed E-state index contributed by atoms with van der Waals surface area (Å²) < 4.78 is 0. The Hall–Kier alpha value is -0.700. The fraction of sp³-hybridized carbons (Fsp3) is 0.909. The van der Waals surface area contributed by atoms with Gasteiger partial charge in [-0.3, -0.25) is 9.59 Å². The molecule has 0 aromatic heterocycles. The minimum Gasteiger partial charge on any atom is -0.309 e. The molecule has 25 heavy (non-hydrogen) atoms. The Labute approximate surface area is 152 Å². The monoisotopic (exact) mass is 345 g/mol. The highest BCUT2D eigenvalue weighted by Crippen LogP contribution is 2.65. The van der Waals surface area contributed by atoms with Crippen LogP contribution in [0.2, 0.25) is 0 Å². The molecular weight excluding hydrogens is 310 g/mol. The average Bonchev–Trinajstić information content (AvgIpc) is 2.85. The molecule has 0 aliphatic heterocycles. The minimum absolute atomic E-state index is 0.161. The Bertz CT molecular complexity index is 585. The molecule has 0 spiro atoms.